The van der Waals surface area contributed by atoms with E-state index in [9.17, 15) is 14.0 Å². The van der Waals surface area contributed by atoms with Crippen LogP contribution in [-0.2, 0) is 27.0 Å². The summed E-state index contributed by atoms with van der Waals surface area (Å²) in [4.78, 5) is 32.5. The Labute approximate surface area is 250 Å². The first kappa shape index (κ1) is 28.2. The van der Waals surface area contributed by atoms with Crippen LogP contribution in [0.25, 0.3) is 0 Å². The molecule has 1 saturated carbocycles. The summed E-state index contributed by atoms with van der Waals surface area (Å²) in [5, 5.41) is 0.928. The Morgan fingerprint density at radius 3 is 2.41 bits per heavy atom. The van der Waals surface area contributed by atoms with E-state index in [1.807, 2.05) is 54.4 Å². The zero-order chi connectivity index (χ0) is 28.9. The lowest BCUT2D eigenvalue weighted by molar-refractivity contribution is -0.133. The normalized spacial score (nSPS) is 23.0. The maximum atomic E-state index is 14.3. The number of hydrogen-bond acceptors (Lipinski definition) is 3. The fourth-order valence-corrected chi connectivity index (χ4v) is 7.46. The molecule has 0 bridgehead atoms. The van der Waals surface area contributed by atoms with Crippen molar-refractivity contribution < 1.29 is 14.0 Å². The number of carbonyl (C=O) groups is 2. The van der Waals surface area contributed by atoms with Gasteiger partial charge in [0, 0.05) is 44.7 Å². The molecule has 6 rings (SSSR count). The predicted octanol–water partition coefficient (Wildman–Crippen LogP) is 6.45. The van der Waals surface area contributed by atoms with E-state index in [1.165, 1.54) is 6.07 Å². The van der Waals surface area contributed by atoms with Crippen LogP contribution in [-0.4, -0.2) is 54.8 Å². The molecule has 1 aliphatic carbocycles. The first-order valence-electron chi connectivity index (χ1n) is 14.2. The van der Waals surface area contributed by atoms with Crippen molar-refractivity contribution in [3.63, 3.8) is 0 Å². The van der Waals surface area contributed by atoms with Crippen LogP contribution < -0.4 is 4.90 Å². The van der Waals surface area contributed by atoms with Crippen molar-refractivity contribution in [2.45, 2.75) is 43.6 Å². The topological polar surface area (TPSA) is 43.9 Å². The van der Waals surface area contributed by atoms with Gasteiger partial charge in [0.2, 0.25) is 11.8 Å². The standard InChI is InChI=1S/C33H34Cl2FN3O2/c1-22(40)39-21-32(27-17-26(36)9-11-30(27)39)12-14-38(15-13-32)20-25-18-33(25,24-8-10-28(34)29(35)16-24)31(41)37(2)19-23-6-4-3-5-7-23/h3-11,16-17,25H,12-15,18-21H2,1-2H3/t25-,33+/m0/s1. The number of hydrogen-bond donors (Lipinski definition) is 0. The zero-order valence-corrected chi connectivity index (χ0v) is 24.9. The molecule has 214 valence electrons. The van der Waals surface area contributed by atoms with Gasteiger partial charge < -0.3 is 14.7 Å². The number of nitrogens with zero attached hydrogens (tertiary/aromatic N) is 3. The number of likely N-dealkylation sites (N-methyl/N-ethyl adjacent to an activating group) is 1. The summed E-state index contributed by atoms with van der Waals surface area (Å²) in [5.74, 6) is -0.0461. The number of piperidine rings is 1. The van der Waals surface area contributed by atoms with E-state index in [-0.39, 0.29) is 29.0 Å². The van der Waals surface area contributed by atoms with Crippen LogP contribution in [0.3, 0.4) is 0 Å². The van der Waals surface area contributed by atoms with E-state index in [2.05, 4.69) is 4.90 Å². The van der Waals surface area contributed by atoms with E-state index in [0.717, 1.165) is 61.3 Å². The number of carbonyl (C=O) groups excluding carboxylic acids is 2. The molecule has 2 amide bonds. The van der Waals surface area contributed by atoms with Gasteiger partial charge >= 0.3 is 0 Å². The Hall–Kier alpha value is -2.93. The van der Waals surface area contributed by atoms with Gasteiger partial charge in [0.25, 0.3) is 0 Å². The van der Waals surface area contributed by atoms with Crippen molar-refractivity contribution in [2.24, 2.45) is 5.92 Å². The number of amides is 2. The van der Waals surface area contributed by atoms with E-state index in [4.69, 9.17) is 23.2 Å². The SMILES string of the molecule is CC(=O)N1CC2(CCN(C[C@@H]3C[C@@]3(C(=O)N(C)Cc3ccccc3)c3ccc(Cl)c(Cl)c3)CC2)c2cc(F)ccc21. The molecule has 41 heavy (non-hydrogen) atoms. The maximum absolute atomic E-state index is 14.3. The summed E-state index contributed by atoms with van der Waals surface area (Å²) in [6.07, 6.45) is 2.42. The monoisotopic (exact) mass is 593 g/mol. The molecule has 2 aliphatic heterocycles. The van der Waals surface area contributed by atoms with E-state index < -0.39 is 5.41 Å². The lowest BCUT2D eigenvalue weighted by atomic mass is 9.74. The van der Waals surface area contributed by atoms with Crippen LogP contribution in [0.4, 0.5) is 10.1 Å². The Kier molecular flexibility index (Phi) is 7.37. The second kappa shape index (κ2) is 10.7. The van der Waals surface area contributed by atoms with Gasteiger partial charge in [-0.1, -0.05) is 59.6 Å². The summed E-state index contributed by atoms with van der Waals surface area (Å²) in [6, 6.07) is 20.4. The van der Waals surface area contributed by atoms with Gasteiger partial charge in [0.15, 0.2) is 0 Å². The molecule has 0 unspecified atom stereocenters. The smallest absolute Gasteiger partial charge is 0.233 e. The molecule has 1 saturated heterocycles. The molecule has 3 aromatic carbocycles. The second-order valence-electron chi connectivity index (χ2n) is 12.0. The summed E-state index contributed by atoms with van der Waals surface area (Å²) >= 11 is 12.7. The molecular formula is C33H34Cl2FN3O2. The van der Waals surface area contributed by atoms with Crippen molar-refractivity contribution >= 4 is 40.7 Å². The first-order valence-corrected chi connectivity index (χ1v) is 14.9. The molecular weight excluding hydrogens is 560 g/mol. The van der Waals surface area contributed by atoms with Crippen LogP contribution in [0.2, 0.25) is 10.0 Å². The Balaban J connectivity index is 1.20. The molecule has 2 heterocycles. The van der Waals surface area contributed by atoms with Crippen molar-refractivity contribution in [1.29, 1.82) is 0 Å². The highest BCUT2D eigenvalue weighted by Crippen LogP contribution is 2.57. The summed E-state index contributed by atoms with van der Waals surface area (Å²) in [6.45, 7) is 5.13. The molecule has 2 fully saturated rings. The molecule has 3 aromatic rings. The Bertz CT molecular complexity index is 1490. The van der Waals surface area contributed by atoms with Gasteiger partial charge in [-0.3, -0.25) is 9.59 Å². The second-order valence-corrected chi connectivity index (χ2v) is 12.8. The third-order valence-electron chi connectivity index (χ3n) is 9.48. The quantitative estimate of drug-likeness (QED) is 0.330. The van der Waals surface area contributed by atoms with Crippen LogP contribution in [0.15, 0.2) is 66.7 Å². The molecule has 0 N–H and O–H groups in total. The van der Waals surface area contributed by atoms with Crippen molar-refractivity contribution in [1.82, 2.24) is 9.80 Å². The van der Waals surface area contributed by atoms with E-state index in [1.54, 1.807) is 30.0 Å². The summed E-state index contributed by atoms with van der Waals surface area (Å²) in [5.41, 5.74) is 2.88. The van der Waals surface area contributed by atoms with Crippen molar-refractivity contribution in [3.8, 4) is 0 Å². The summed E-state index contributed by atoms with van der Waals surface area (Å²) < 4.78 is 14.3. The van der Waals surface area contributed by atoms with Crippen LogP contribution in [0.1, 0.15) is 42.9 Å². The number of fused-ring (bicyclic) bond motifs is 2. The molecule has 0 radical (unpaired) electrons. The molecule has 1 spiro atoms. The third-order valence-corrected chi connectivity index (χ3v) is 10.2. The highest BCUT2D eigenvalue weighted by molar-refractivity contribution is 6.42. The zero-order valence-electron chi connectivity index (χ0n) is 23.4. The van der Waals surface area contributed by atoms with Gasteiger partial charge in [-0.2, -0.15) is 0 Å². The van der Waals surface area contributed by atoms with Crippen molar-refractivity contribution in [2.75, 3.05) is 38.1 Å². The fraction of sp³-hybridized carbons (Fsp3) is 0.394. The average Bonchev–Trinajstić information content (AvgIpc) is 3.60. The number of likely N-dealkylation sites (tertiary alicyclic amines) is 1. The largest absolute Gasteiger partial charge is 0.341 e. The highest BCUT2D eigenvalue weighted by Gasteiger charge is 2.62. The van der Waals surface area contributed by atoms with Gasteiger partial charge in [0.05, 0.1) is 15.5 Å². The number of rotatable bonds is 6. The van der Waals surface area contributed by atoms with Crippen LogP contribution in [0, 0.1) is 11.7 Å². The van der Waals surface area contributed by atoms with Gasteiger partial charge in [-0.25, -0.2) is 4.39 Å². The number of anilines is 1. The maximum Gasteiger partial charge on any atom is 0.233 e. The summed E-state index contributed by atoms with van der Waals surface area (Å²) in [7, 11) is 1.87. The molecule has 8 heteroatoms. The van der Waals surface area contributed by atoms with Gasteiger partial charge in [-0.15, -0.1) is 0 Å². The van der Waals surface area contributed by atoms with Crippen LogP contribution >= 0.6 is 23.2 Å². The first-order chi connectivity index (χ1) is 19.6. The minimum absolute atomic E-state index is 0.0142. The highest BCUT2D eigenvalue weighted by atomic mass is 35.5. The number of benzene rings is 3. The lowest BCUT2D eigenvalue weighted by Crippen LogP contribution is -2.47. The molecule has 0 aromatic heterocycles. The Morgan fingerprint density at radius 2 is 1.73 bits per heavy atom. The molecule has 2 atom stereocenters. The van der Waals surface area contributed by atoms with Crippen molar-refractivity contribution in [3.05, 3.63) is 99.3 Å². The van der Waals surface area contributed by atoms with Crippen LogP contribution in [0.5, 0.6) is 0 Å². The Morgan fingerprint density at radius 1 is 1.00 bits per heavy atom. The molecule has 5 nitrogen and oxygen atoms in total. The van der Waals surface area contributed by atoms with E-state index >= 15 is 0 Å². The van der Waals surface area contributed by atoms with Gasteiger partial charge in [-0.05, 0) is 85.3 Å². The fourth-order valence-electron chi connectivity index (χ4n) is 7.16. The predicted molar refractivity (Wildman–Crippen MR) is 161 cm³/mol. The minimum Gasteiger partial charge on any atom is -0.341 e. The molecule has 3 aliphatic rings. The average molecular weight is 595 g/mol. The van der Waals surface area contributed by atoms with E-state index in [0.29, 0.717) is 23.1 Å². The third kappa shape index (κ3) is 5.04. The lowest BCUT2D eigenvalue weighted by Gasteiger charge is -2.40. The minimum atomic E-state index is -0.651. The van der Waals surface area contributed by atoms with Gasteiger partial charge in [0.1, 0.15) is 5.82 Å². The number of halogens is 3.